The van der Waals surface area contributed by atoms with E-state index in [1.54, 1.807) is 36.4 Å². The first-order valence-corrected chi connectivity index (χ1v) is 15.2. The van der Waals surface area contributed by atoms with Crippen molar-refractivity contribution in [3.05, 3.63) is 101 Å². The molecule has 10 heteroatoms. The molecule has 0 saturated heterocycles. The molecule has 3 aromatic carbocycles. The average Bonchev–Trinajstić information content (AvgIpc) is 2.93. The summed E-state index contributed by atoms with van der Waals surface area (Å²) in [5.41, 5.74) is 1.94. The number of Topliss-reactive ketones (excluding diaryl/α,β-unsaturated/α-hetero) is 1. The maximum absolute atomic E-state index is 14.0. The molecule has 0 fully saturated rings. The maximum atomic E-state index is 14.0. The normalized spacial score (nSPS) is 11.9. The lowest BCUT2D eigenvalue weighted by molar-refractivity contribution is -0.140. The van der Waals surface area contributed by atoms with Gasteiger partial charge >= 0.3 is 0 Å². The highest BCUT2D eigenvalue weighted by atomic mass is 35.5. The van der Waals surface area contributed by atoms with E-state index >= 15 is 0 Å². The molecule has 0 radical (unpaired) electrons. The van der Waals surface area contributed by atoms with Gasteiger partial charge in [0.05, 0.1) is 11.9 Å². The standard InChI is InChI=1S/C30H34ClN3O5S/c1-4-17-32-30(37)28(18-23-11-6-5-7-12-23)33(20-25-13-8-9-16-27(25)31)29(36)21-34(40(3,38)39)26-15-10-14-24(19-26)22(2)35/h5-16,19,28H,4,17-18,20-21H2,1-3H3,(H,32,37)/t28-/m1/s1. The van der Waals surface area contributed by atoms with Crippen LogP contribution in [0.2, 0.25) is 5.02 Å². The van der Waals surface area contributed by atoms with E-state index in [0.29, 0.717) is 29.1 Å². The van der Waals surface area contributed by atoms with Crippen molar-refractivity contribution in [2.24, 2.45) is 0 Å². The van der Waals surface area contributed by atoms with Gasteiger partial charge in [-0.25, -0.2) is 8.42 Å². The summed E-state index contributed by atoms with van der Waals surface area (Å²) in [6.07, 6.45) is 1.91. The fourth-order valence-electron chi connectivity index (χ4n) is 4.22. The summed E-state index contributed by atoms with van der Waals surface area (Å²) in [6, 6.07) is 21.5. The Hall–Kier alpha value is -3.69. The molecule has 0 aliphatic carbocycles. The smallest absolute Gasteiger partial charge is 0.244 e. The van der Waals surface area contributed by atoms with Crippen LogP contribution in [0, 0.1) is 0 Å². The lowest BCUT2D eigenvalue weighted by Gasteiger charge is -2.33. The highest BCUT2D eigenvalue weighted by Gasteiger charge is 2.33. The van der Waals surface area contributed by atoms with Crippen LogP contribution < -0.4 is 9.62 Å². The van der Waals surface area contributed by atoms with Crippen LogP contribution in [0.5, 0.6) is 0 Å². The molecule has 0 spiro atoms. The van der Waals surface area contributed by atoms with Crippen molar-refractivity contribution in [1.82, 2.24) is 10.2 Å². The molecule has 0 heterocycles. The van der Waals surface area contributed by atoms with Gasteiger partial charge in [-0.15, -0.1) is 0 Å². The van der Waals surface area contributed by atoms with E-state index in [9.17, 15) is 22.8 Å². The lowest BCUT2D eigenvalue weighted by Crippen LogP contribution is -2.53. The van der Waals surface area contributed by atoms with E-state index in [4.69, 9.17) is 11.6 Å². The van der Waals surface area contributed by atoms with Crippen LogP contribution in [0.1, 0.15) is 41.8 Å². The maximum Gasteiger partial charge on any atom is 0.244 e. The molecule has 0 saturated carbocycles. The summed E-state index contributed by atoms with van der Waals surface area (Å²) < 4.78 is 26.7. The number of nitrogens with zero attached hydrogens (tertiary/aromatic N) is 2. The number of amides is 2. The van der Waals surface area contributed by atoms with Gasteiger partial charge in [0.25, 0.3) is 0 Å². The Morgan fingerprint density at radius 3 is 2.25 bits per heavy atom. The van der Waals surface area contributed by atoms with Gasteiger partial charge < -0.3 is 10.2 Å². The van der Waals surface area contributed by atoms with E-state index in [0.717, 1.165) is 16.1 Å². The molecule has 0 unspecified atom stereocenters. The SMILES string of the molecule is CCCNC(=O)[C@@H](Cc1ccccc1)N(Cc1ccccc1Cl)C(=O)CN(c1cccc(C(C)=O)c1)S(C)(=O)=O. The number of hydrogen-bond donors (Lipinski definition) is 1. The van der Waals surface area contributed by atoms with Crippen molar-refractivity contribution in [3.63, 3.8) is 0 Å². The molecule has 212 valence electrons. The number of anilines is 1. The zero-order chi connectivity index (χ0) is 29.3. The Balaban J connectivity index is 2.07. The highest BCUT2D eigenvalue weighted by molar-refractivity contribution is 7.92. The second kappa shape index (κ2) is 14.1. The Labute approximate surface area is 241 Å². The quantitative estimate of drug-likeness (QED) is 0.299. The van der Waals surface area contributed by atoms with E-state index in [2.05, 4.69) is 5.32 Å². The highest BCUT2D eigenvalue weighted by Crippen LogP contribution is 2.23. The largest absolute Gasteiger partial charge is 0.354 e. The van der Waals surface area contributed by atoms with Crippen LogP contribution in [0.4, 0.5) is 5.69 Å². The summed E-state index contributed by atoms with van der Waals surface area (Å²) in [6.45, 7) is 3.14. The van der Waals surface area contributed by atoms with Crippen molar-refractivity contribution in [2.45, 2.75) is 39.3 Å². The van der Waals surface area contributed by atoms with Gasteiger partial charge in [-0.05, 0) is 42.7 Å². The van der Waals surface area contributed by atoms with Gasteiger partial charge in [0.1, 0.15) is 12.6 Å². The monoisotopic (exact) mass is 583 g/mol. The molecule has 40 heavy (non-hydrogen) atoms. The topological polar surface area (TPSA) is 104 Å². The molecule has 3 rings (SSSR count). The molecular formula is C30H34ClN3O5S. The van der Waals surface area contributed by atoms with Crippen molar-refractivity contribution in [2.75, 3.05) is 23.7 Å². The van der Waals surface area contributed by atoms with Crippen molar-refractivity contribution >= 4 is 44.9 Å². The Morgan fingerprint density at radius 2 is 1.62 bits per heavy atom. The second-order valence-corrected chi connectivity index (χ2v) is 11.8. The average molecular weight is 584 g/mol. The number of ketones is 1. The van der Waals surface area contributed by atoms with Crippen LogP contribution in [0.15, 0.2) is 78.9 Å². The lowest BCUT2D eigenvalue weighted by atomic mass is 10.0. The van der Waals surface area contributed by atoms with Gasteiger partial charge in [0.15, 0.2) is 5.78 Å². The summed E-state index contributed by atoms with van der Waals surface area (Å²) in [5.74, 6) is -1.18. The fraction of sp³-hybridized carbons (Fsp3) is 0.300. The van der Waals surface area contributed by atoms with Gasteiger partial charge in [-0.2, -0.15) is 0 Å². The predicted octanol–water partition coefficient (Wildman–Crippen LogP) is 4.47. The molecular weight excluding hydrogens is 550 g/mol. The van der Waals surface area contributed by atoms with Crippen LogP contribution in [0.25, 0.3) is 0 Å². The number of benzene rings is 3. The first kappa shape index (κ1) is 30.8. The zero-order valence-corrected chi connectivity index (χ0v) is 24.4. The Morgan fingerprint density at radius 1 is 0.950 bits per heavy atom. The van der Waals surface area contributed by atoms with E-state index in [1.165, 1.54) is 24.0 Å². The molecule has 1 atom stereocenters. The zero-order valence-electron chi connectivity index (χ0n) is 22.8. The first-order valence-electron chi connectivity index (χ1n) is 12.9. The summed E-state index contributed by atoms with van der Waals surface area (Å²) in [5, 5.41) is 3.31. The van der Waals surface area contributed by atoms with E-state index < -0.39 is 28.5 Å². The molecule has 0 aliphatic rings. The predicted molar refractivity (Wildman–Crippen MR) is 158 cm³/mol. The Kier molecular flexibility index (Phi) is 10.9. The molecule has 0 aromatic heterocycles. The van der Waals surface area contributed by atoms with E-state index in [-0.39, 0.29) is 30.3 Å². The van der Waals surface area contributed by atoms with Crippen LogP contribution in [-0.2, 0) is 32.6 Å². The van der Waals surface area contributed by atoms with Crippen LogP contribution in [0.3, 0.4) is 0 Å². The minimum Gasteiger partial charge on any atom is -0.354 e. The third kappa shape index (κ3) is 8.40. The first-order chi connectivity index (χ1) is 19.0. The number of hydrogen-bond acceptors (Lipinski definition) is 5. The number of halogens is 1. The summed E-state index contributed by atoms with van der Waals surface area (Å²) in [4.78, 5) is 40.9. The van der Waals surface area contributed by atoms with Crippen LogP contribution in [-0.4, -0.2) is 56.3 Å². The number of nitrogens with one attached hydrogen (secondary N) is 1. The van der Waals surface area contributed by atoms with Gasteiger partial charge in [0, 0.05) is 30.1 Å². The van der Waals surface area contributed by atoms with Gasteiger partial charge in [0.2, 0.25) is 21.8 Å². The van der Waals surface area contributed by atoms with Crippen LogP contribution >= 0.6 is 11.6 Å². The molecule has 0 aliphatic heterocycles. The molecule has 3 aromatic rings. The third-order valence-corrected chi connectivity index (χ3v) is 7.85. The van der Waals surface area contributed by atoms with Gasteiger partial charge in [-0.1, -0.05) is 79.2 Å². The Bertz CT molecular complexity index is 1450. The summed E-state index contributed by atoms with van der Waals surface area (Å²) >= 11 is 6.45. The van der Waals surface area contributed by atoms with Crippen molar-refractivity contribution in [3.8, 4) is 0 Å². The van der Waals surface area contributed by atoms with Gasteiger partial charge in [-0.3, -0.25) is 18.7 Å². The number of carbonyl (C=O) groups excluding carboxylic acids is 3. The van der Waals surface area contributed by atoms with E-state index in [1.807, 2.05) is 37.3 Å². The molecule has 8 nitrogen and oxygen atoms in total. The molecule has 1 N–H and O–H groups in total. The minimum atomic E-state index is -3.94. The van der Waals surface area contributed by atoms with Crippen molar-refractivity contribution in [1.29, 1.82) is 0 Å². The molecule has 2 amide bonds. The number of carbonyl (C=O) groups is 3. The molecule has 0 bridgehead atoms. The third-order valence-electron chi connectivity index (χ3n) is 6.34. The van der Waals surface area contributed by atoms with Crippen molar-refractivity contribution < 1.29 is 22.8 Å². The second-order valence-electron chi connectivity index (χ2n) is 9.49. The number of rotatable bonds is 13. The fourth-order valence-corrected chi connectivity index (χ4v) is 5.26. The minimum absolute atomic E-state index is 0.0133. The number of sulfonamides is 1. The summed E-state index contributed by atoms with van der Waals surface area (Å²) in [7, 11) is -3.94.